The number of hydrogen-bond acceptors (Lipinski definition) is 4. The fourth-order valence-corrected chi connectivity index (χ4v) is 4.23. The summed E-state index contributed by atoms with van der Waals surface area (Å²) in [4.78, 5) is 31.5. The maximum absolute atomic E-state index is 12.2. The fourth-order valence-electron chi connectivity index (χ4n) is 2.25. The first-order chi connectivity index (χ1) is 9.33. The number of carboxylic acids is 2. The Bertz CT molecular complexity index is 389. The predicted octanol–water partition coefficient (Wildman–Crippen LogP) is 1.39. The molecule has 8 heteroatoms. The molecule has 1 aliphatic heterocycles. The van der Waals surface area contributed by atoms with Gasteiger partial charge in [0, 0.05) is 19.2 Å². The van der Waals surface area contributed by atoms with Gasteiger partial charge in [-0.1, -0.05) is 0 Å². The van der Waals surface area contributed by atoms with Crippen LogP contribution in [0.4, 0.5) is 0 Å². The van der Waals surface area contributed by atoms with E-state index in [-0.39, 0.29) is 32.0 Å². The summed E-state index contributed by atoms with van der Waals surface area (Å²) in [7, 11) is -3.44. The molecule has 0 aromatic rings. The molecule has 7 nitrogen and oxygen atoms in total. The molecular weight excluding hydrogens is 287 g/mol. The Hall–Kier alpha value is -0.910. The lowest BCUT2D eigenvalue weighted by atomic mass is 10.0. The van der Waals surface area contributed by atoms with Crippen LogP contribution in [0.1, 0.15) is 32.1 Å². The van der Waals surface area contributed by atoms with E-state index in [4.69, 9.17) is 14.9 Å². The van der Waals surface area contributed by atoms with E-state index in [1.807, 2.05) is 0 Å². The highest BCUT2D eigenvalue weighted by atomic mass is 31.2. The Morgan fingerprint density at radius 2 is 2.00 bits per heavy atom. The summed E-state index contributed by atoms with van der Waals surface area (Å²) in [5, 5.41) is 17.6. The monoisotopic (exact) mass is 308 g/mol. The minimum atomic E-state index is -3.44. The number of hydrogen-bond donors (Lipinski definition) is 3. The van der Waals surface area contributed by atoms with Crippen LogP contribution >= 0.6 is 7.37 Å². The zero-order valence-corrected chi connectivity index (χ0v) is 12.1. The highest BCUT2D eigenvalue weighted by Gasteiger charge is 2.34. The fraction of sp³-hybridized carbons (Fsp3) is 0.833. The Morgan fingerprint density at radius 1 is 1.30 bits per heavy atom. The maximum atomic E-state index is 12.2. The van der Waals surface area contributed by atoms with Gasteiger partial charge in [0.25, 0.3) is 0 Å². The van der Waals surface area contributed by atoms with Crippen molar-refractivity contribution in [1.82, 2.24) is 0 Å². The van der Waals surface area contributed by atoms with Crippen molar-refractivity contribution in [2.75, 3.05) is 19.4 Å². The maximum Gasteiger partial charge on any atom is 0.306 e. The second-order valence-corrected chi connectivity index (χ2v) is 7.80. The van der Waals surface area contributed by atoms with Crippen molar-refractivity contribution in [1.29, 1.82) is 0 Å². The first-order valence-electron chi connectivity index (χ1n) is 6.67. The summed E-state index contributed by atoms with van der Waals surface area (Å²) in [6.45, 7) is 0.827. The van der Waals surface area contributed by atoms with Crippen LogP contribution in [-0.4, -0.2) is 52.1 Å². The van der Waals surface area contributed by atoms with Gasteiger partial charge in [0.15, 0.2) is 0 Å². The van der Waals surface area contributed by atoms with Crippen LogP contribution in [0.3, 0.4) is 0 Å². The van der Waals surface area contributed by atoms with E-state index in [1.165, 1.54) is 0 Å². The Labute approximate surface area is 117 Å². The van der Waals surface area contributed by atoms with Gasteiger partial charge in [-0.3, -0.25) is 14.2 Å². The number of carboxylic acid groups (broad SMARTS) is 2. The Morgan fingerprint density at radius 3 is 2.50 bits per heavy atom. The lowest BCUT2D eigenvalue weighted by Gasteiger charge is -2.27. The van der Waals surface area contributed by atoms with E-state index in [0.717, 1.165) is 6.42 Å². The van der Waals surface area contributed by atoms with Crippen molar-refractivity contribution < 1.29 is 34.0 Å². The molecule has 1 fully saturated rings. The molecule has 0 aromatic carbocycles. The highest BCUT2D eigenvalue weighted by Crippen LogP contribution is 2.50. The standard InChI is InChI=1S/C12H21O7P/c13-11(14)4-3-9(12(15)16)5-7-20(17,18)10-2-1-6-19-8-10/h9-10H,1-8H2,(H,13,14)(H,15,16)(H,17,18). The molecule has 0 spiro atoms. The summed E-state index contributed by atoms with van der Waals surface area (Å²) in [6, 6.07) is 0. The van der Waals surface area contributed by atoms with Gasteiger partial charge in [0.05, 0.1) is 18.2 Å². The van der Waals surface area contributed by atoms with E-state index in [9.17, 15) is 19.0 Å². The van der Waals surface area contributed by atoms with Crippen LogP contribution in [0.25, 0.3) is 0 Å². The highest BCUT2D eigenvalue weighted by molar-refractivity contribution is 7.58. The van der Waals surface area contributed by atoms with Crippen molar-refractivity contribution in [3.63, 3.8) is 0 Å². The molecule has 1 saturated heterocycles. The molecule has 3 unspecified atom stereocenters. The molecule has 3 atom stereocenters. The van der Waals surface area contributed by atoms with Gasteiger partial charge in [-0.05, 0) is 25.7 Å². The molecule has 20 heavy (non-hydrogen) atoms. The van der Waals surface area contributed by atoms with E-state index in [1.54, 1.807) is 0 Å². The molecule has 1 rings (SSSR count). The zero-order chi connectivity index (χ0) is 15.2. The first-order valence-corrected chi connectivity index (χ1v) is 8.58. The van der Waals surface area contributed by atoms with Gasteiger partial charge >= 0.3 is 11.9 Å². The van der Waals surface area contributed by atoms with Crippen LogP contribution < -0.4 is 0 Å². The molecule has 0 amide bonds. The van der Waals surface area contributed by atoms with Crippen LogP contribution in [0, 0.1) is 5.92 Å². The second-order valence-electron chi connectivity index (χ2n) is 5.11. The minimum absolute atomic E-state index is 0.0207. The second kappa shape index (κ2) is 7.76. The number of aliphatic carboxylic acids is 2. The molecule has 0 radical (unpaired) electrons. The molecule has 0 saturated carbocycles. The van der Waals surface area contributed by atoms with Gasteiger partial charge < -0.3 is 19.8 Å². The average Bonchev–Trinajstić information content (AvgIpc) is 2.39. The quantitative estimate of drug-likeness (QED) is 0.579. The van der Waals surface area contributed by atoms with Crippen LogP contribution in [0.5, 0.6) is 0 Å². The lowest BCUT2D eigenvalue weighted by Crippen LogP contribution is -2.25. The first kappa shape index (κ1) is 17.1. The van der Waals surface area contributed by atoms with Crippen molar-refractivity contribution in [3.05, 3.63) is 0 Å². The summed E-state index contributed by atoms with van der Waals surface area (Å²) in [5.41, 5.74) is -0.426. The zero-order valence-electron chi connectivity index (χ0n) is 11.2. The Balaban J connectivity index is 2.50. The summed E-state index contributed by atoms with van der Waals surface area (Å²) >= 11 is 0. The topological polar surface area (TPSA) is 121 Å². The van der Waals surface area contributed by atoms with E-state index in [0.29, 0.717) is 13.0 Å². The van der Waals surface area contributed by atoms with Crippen molar-refractivity contribution >= 4 is 19.3 Å². The SMILES string of the molecule is O=C(O)CCC(CCP(=O)(O)C1CCCOC1)C(=O)O. The van der Waals surface area contributed by atoms with Crippen LogP contribution in [-0.2, 0) is 18.9 Å². The third-order valence-corrected chi connectivity index (χ3v) is 6.01. The molecule has 1 heterocycles. The van der Waals surface area contributed by atoms with Crippen molar-refractivity contribution in [3.8, 4) is 0 Å². The largest absolute Gasteiger partial charge is 0.481 e. The lowest BCUT2D eigenvalue weighted by molar-refractivity contribution is -0.143. The molecule has 116 valence electrons. The number of ether oxygens (including phenoxy) is 1. The van der Waals surface area contributed by atoms with Crippen LogP contribution in [0.2, 0.25) is 0 Å². The average molecular weight is 308 g/mol. The molecule has 3 N–H and O–H groups in total. The molecule has 1 aliphatic rings. The van der Waals surface area contributed by atoms with Crippen molar-refractivity contribution in [2.45, 2.75) is 37.8 Å². The van der Waals surface area contributed by atoms with E-state index >= 15 is 0 Å². The number of rotatable bonds is 8. The third-order valence-electron chi connectivity index (χ3n) is 3.56. The van der Waals surface area contributed by atoms with Gasteiger partial charge in [-0.2, -0.15) is 0 Å². The van der Waals surface area contributed by atoms with Gasteiger partial charge in [0.1, 0.15) is 0 Å². The smallest absolute Gasteiger partial charge is 0.306 e. The molecule has 0 bridgehead atoms. The number of carbonyl (C=O) groups is 2. The van der Waals surface area contributed by atoms with Crippen molar-refractivity contribution in [2.24, 2.45) is 5.92 Å². The van der Waals surface area contributed by atoms with Gasteiger partial charge in [-0.25, -0.2) is 0 Å². The summed E-state index contributed by atoms with van der Waals surface area (Å²) in [6.07, 6.45) is 0.993. The molecule has 0 aromatic heterocycles. The van der Waals surface area contributed by atoms with Crippen LogP contribution in [0.15, 0.2) is 0 Å². The summed E-state index contributed by atoms with van der Waals surface area (Å²) < 4.78 is 17.4. The normalized spacial score (nSPS) is 23.8. The van der Waals surface area contributed by atoms with E-state index < -0.39 is 30.9 Å². The predicted molar refractivity (Wildman–Crippen MR) is 71.1 cm³/mol. The Kier molecular flexibility index (Phi) is 6.65. The third kappa shape index (κ3) is 5.61. The van der Waals surface area contributed by atoms with Gasteiger partial charge in [0.2, 0.25) is 7.37 Å². The van der Waals surface area contributed by atoms with E-state index in [2.05, 4.69) is 0 Å². The van der Waals surface area contributed by atoms with Gasteiger partial charge in [-0.15, -0.1) is 0 Å². The summed E-state index contributed by atoms with van der Waals surface area (Å²) in [5.74, 6) is -3.08. The molecule has 0 aliphatic carbocycles. The minimum Gasteiger partial charge on any atom is -0.481 e. The molecular formula is C12H21O7P.